The fraction of sp³-hybridized carbons (Fsp3) is 0.296. The highest BCUT2D eigenvalue weighted by molar-refractivity contribution is 5.94. The van der Waals surface area contributed by atoms with Gasteiger partial charge in [0.25, 0.3) is 11.6 Å². The van der Waals surface area contributed by atoms with Crippen LogP contribution in [0, 0.1) is 10.1 Å². The van der Waals surface area contributed by atoms with E-state index >= 15 is 0 Å². The van der Waals surface area contributed by atoms with Gasteiger partial charge < -0.3 is 15.1 Å². The number of carbonyl (C=O) groups excluding carboxylic acids is 1. The molecule has 0 aliphatic carbocycles. The summed E-state index contributed by atoms with van der Waals surface area (Å²) in [6.07, 6.45) is 0.948. The summed E-state index contributed by atoms with van der Waals surface area (Å²) in [7, 11) is 0. The maximum absolute atomic E-state index is 12.9. The van der Waals surface area contributed by atoms with Crippen molar-refractivity contribution in [2.45, 2.75) is 26.3 Å². The number of nitrogens with zero attached hydrogens (tertiary/aromatic N) is 3. The third-order valence-electron chi connectivity index (χ3n) is 6.39. The summed E-state index contributed by atoms with van der Waals surface area (Å²) in [6.45, 7) is 6.64. The topological polar surface area (TPSA) is 78.7 Å². The largest absolute Gasteiger partial charge is 0.373 e. The van der Waals surface area contributed by atoms with Gasteiger partial charge in [-0.05, 0) is 48.7 Å². The summed E-state index contributed by atoms with van der Waals surface area (Å²) in [5.41, 5.74) is 4.44. The normalized spacial score (nSPS) is 14.5. The van der Waals surface area contributed by atoms with Crippen molar-refractivity contribution < 1.29 is 9.72 Å². The number of hydrogen-bond donors (Lipinski definition) is 1. The van der Waals surface area contributed by atoms with Crippen molar-refractivity contribution in [1.82, 2.24) is 4.90 Å². The lowest BCUT2D eigenvalue weighted by Crippen LogP contribution is -2.48. The molecule has 7 nitrogen and oxygen atoms in total. The lowest BCUT2D eigenvalue weighted by molar-refractivity contribution is -0.384. The molecule has 0 saturated carbocycles. The SMILES string of the molecule is CCc1ccc(C(=O)N2CCN(c3ccc([N+](=O)[O-])c(N[C@H](C)c4ccccc4)c3)CC2)cc1. The van der Waals surface area contributed by atoms with Crippen LogP contribution in [0.4, 0.5) is 17.1 Å². The molecule has 34 heavy (non-hydrogen) atoms. The first-order valence-electron chi connectivity index (χ1n) is 11.7. The number of nitro benzene ring substituents is 1. The van der Waals surface area contributed by atoms with Crippen LogP contribution < -0.4 is 10.2 Å². The van der Waals surface area contributed by atoms with E-state index in [4.69, 9.17) is 0 Å². The maximum Gasteiger partial charge on any atom is 0.292 e. The molecule has 1 heterocycles. The fourth-order valence-electron chi connectivity index (χ4n) is 4.29. The molecule has 7 heteroatoms. The zero-order chi connectivity index (χ0) is 24.1. The van der Waals surface area contributed by atoms with Gasteiger partial charge in [-0.1, -0.05) is 49.4 Å². The highest BCUT2D eigenvalue weighted by Crippen LogP contribution is 2.33. The standard InChI is InChI=1S/C27H30N4O3/c1-3-21-9-11-23(12-10-21)27(32)30-17-15-29(16-18-30)24-13-14-26(31(33)34)25(19-24)28-20(2)22-7-5-4-6-8-22/h4-14,19-20,28H,3,15-18H2,1-2H3/t20-/m1/s1. The molecule has 1 aliphatic rings. The lowest BCUT2D eigenvalue weighted by Gasteiger charge is -2.36. The summed E-state index contributed by atoms with van der Waals surface area (Å²) in [5.74, 6) is 0.0463. The van der Waals surface area contributed by atoms with Gasteiger partial charge in [0.2, 0.25) is 0 Å². The van der Waals surface area contributed by atoms with E-state index in [2.05, 4.69) is 17.1 Å². The van der Waals surface area contributed by atoms with Crippen molar-refractivity contribution in [3.63, 3.8) is 0 Å². The number of hydrogen-bond acceptors (Lipinski definition) is 5. The number of nitro groups is 1. The van der Waals surface area contributed by atoms with Crippen molar-refractivity contribution in [1.29, 1.82) is 0 Å². The van der Waals surface area contributed by atoms with E-state index in [9.17, 15) is 14.9 Å². The molecule has 0 radical (unpaired) electrons. The molecule has 4 rings (SSSR count). The van der Waals surface area contributed by atoms with Crippen LogP contribution in [-0.4, -0.2) is 41.9 Å². The van der Waals surface area contributed by atoms with Crippen molar-refractivity contribution in [3.8, 4) is 0 Å². The van der Waals surface area contributed by atoms with Crippen molar-refractivity contribution >= 4 is 23.0 Å². The molecule has 0 unspecified atom stereocenters. The summed E-state index contributed by atoms with van der Waals surface area (Å²) >= 11 is 0. The average Bonchev–Trinajstić information content (AvgIpc) is 2.88. The molecule has 176 valence electrons. The Hall–Kier alpha value is -3.87. The number of piperazine rings is 1. The monoisotopic (exact) mass is 458 g/mol. The average molecular weight is 459 g/mol. The van der Waals surface area contributed by atoms with E-state index in [0.29, 0.717) is 37.4 Å². The van der Waals surface area contributed by atoms with E-state index in [1.54, 1.807) is 12.1 Å². The predicted octanol–water partition coefficient (Wildman–Crippen LogP) is 5.29. The highest BCUT2D eigenvalue weighted by Gasteiger charge is 2.24. The van der Waals surface area contributed by atoms with E-state index in [1.807, 2.05) is 72.5 Å². The minimum absolute atomic E-state index is 0.0463. The predicted molar refractivity (Wildman–Crippen MR) is 136 cm³/mol. The molecule has 1 saturated heterocycles. The molecular formula is C27H30N4O3. The van der Waals surface area contributed by atoms with Crippen LogP contribution in [0.1, 0.15) is 41.4 Å². The van der Waals surface area contributed by atoms with Crippen LogP contribution in [-0.2, 0) is 6.42 Å². The molecule has 3 aromatic rings. The Morgan fingerprint density at radius 1 is 1.00 bits per heavy atom. The van der Waals surface area contributed by atoms with Crippen molar-refractivity contribution in [2.75, 3.05) is 36.4 Å². The van der Waals surface area contributed by atoms with Crippen LogP contribution in [0.3, 0.4) is 0 Å². The Balaban J connectivity index is 1.45. The molecular weight excluding hydrogens is 428 g/mol. The number of carbonyl (C=O) groups is 1. The van der Waals surface area contributed by atoms with Crippen molar-refractivity contribution in [3.05, 3.63) is 99.6 Å². The molecule has 0 spiro atoms. The Morgan fingerprint density at radius 2 is 1.68 bits per heavy atom. The summed E-state index contributed by atoms with van der Waals surface area (Å²) in [6, 6.07) is 22.8. The Bertz CT molecular complexity index is 1140. The number of rotatable bonds is 7. The third-order valence-corrected chi connectivity index (χ3v) is 6.39. The smallest absolute Gasteiger partial charge is 0.292 e. The van der Waals surface area contributed by atoms with E-state index < -0.39 is 0 Å². The van der Waals surface area contributed by atoms with Crippen LogP contribution in [0.25, 0.3) is 0 Å². The van der Waals surface area contributed by atoms with Gasteiger partial charge in [0, 0.05) is 49.5 Å². The number of nitrogens with one attached hydrogen (secondary N) is 1. The van der Waals surface area contributed by atoms with Crippen LogP contribution >= 0.6 is 0 Å². The minimum Gasteiger partial charge on any atom is -0.373 e. The van der Waals surface area contributed by atoms with Gasteiger partial charge in [-0.25, -0.2) is 0 Å². The number of anilines is 2. The van der Waals surface area contributed by atoms with Crippen LogP contribution in [0.2, 0.25) is 0 Å². The molecule has 1 amide bonds. The second-order valence-electron chi connectivity index (χ2n) is 8.56. The number of amides is 1. The summed E-state index contributed by atoms with van der Waals surface area (Å²) in [4.78, 5) is 28.2. The second kappa shape index (κ2) is 10.4. The Morgan fingerprint density at radius 3 is 2.29 bits per heavy atom. The molecule has 1 fully saturated rings. The van der Waals surface area contributed by atoms with E-state index in [0.717, 1.165) is 17.7 Å². The summed E-state index contributed by atoms with van der Waals surface area (Å²) in [5, 5.41) is 14.9. The maximum atomic E-state index is 12.9. The third kappa shape index (κ3) is 5.20. The van der Waals surface area contributed by atoms with Gasteiger partial charge in [0.15, 0.2) is 0 Å². The van der Waals surface area contributed by atoms with Crippen LogP contribution in [0.5, 0.6) is 0 Å². The van der Waals surface area contributed by atoms with Crippen LogP contribution in [0.15, 0.2) is 72.8 Å². The van der Waals surface area contributed by atoms with Gasteiger partial charge in [-0.3, -0.25) is 14.9 Å². The van der Waals surface area contributed by atoms with Gasteiger partial charge >= 0.3 is 0 Å². The quantitative estimate of drug-likeness (QED) is 0.384. The van der Waals surface area contributed by atoms with E-state index in [1.165, 1.54) is 5.56 Å². The Kier molecular flexibility index (Phi) is 7.11. The lowest BCUT2D eigenvalue weighted by atomic mass is 10.1. The summed E-state index contributed by atoms with van der Waals surface area (Å²) < 4.78 is 0. The molecule has 1 aliphatic heterocycles. The number of aryl methyl sites for hydroxylation is 1. The first-order chi connectivity index (χ1) is 16.5. The number of benzene rings is 3. The zero-order valence-electron chi connectivity index (χ0n) is 19.6. The van der Waals surface area contributed by atoms with Crippen molar-refractivity contribution in [2.24, 2.45) is 0 Å². The van der Waals surface area contributed by atoms with E-state index in [-0.39, 0.29) is 22.6 Å². The molecule has 1 N–H and O–H groups in total. The minimum atomic E-state index is -0.357. The van der Waals surface area contributed by atoms with Gasteiger partial charge in [0.1, 0.15) is 5.69 Å². The van der Waals surface area contributed by atoms with Gasteiger partial charge in [-0.2, -0.15) is 0 Å². The highest BCUT2D eigenvalue weighted by atomic mass is 16.6. The molecule has 1 atom stereocenters. The first kappa shape index (κ1) is 23.3. The fourth-order valence-corrected chi connectivity index (χ4v) is 4.29. The first-order valence-corrected chi connectivity index (χ1v) is 11.7. The molecule has 3 aromatic carbocycles. The molecule has 0 bridgehead atoms. The zero-order valence-corrected chi connectivity index (χ0v) is 19.6. The van der Waals surface area contributed by atoms with Gasteiger partial charge in [0.05, 0.1) is 4.92 Å². The Labute approximate surface area is 200 Å². The second-order valence-corrected chi connectivity index (χ2v) is 8.56. The van der Waals surface area contributed by atoms with Gasteiger partial charge in [-0.15, -0.1) is 0 Å². The molecule has 0 aromatic heterocycles.